The zero-order valence-corrected chi connectivity index (χ0v) is 16.0. The van der Waals surface area contributed by atoms with Crippen molar-refractivity contribution in [3.8, 4) is 0 Å². The van der Waals surface area contributed by atoms with Gasteiger partial charge in [-0.3, -0.25) is 4.98 Å². The van der Waals surface area contributed by atoms with Crippen LogP contribution in [0.3, 0.4) is 0 Å². The molecule has 0 saturated heterocycles. The van der Waals surface area contributed by atoms with Crippen molar-refractivity contribution in [1.29, 1.82) is 0 Å². The molecule has 2 unspecified atom stereocenters. The van der Waals surface area contributed by atoms with Crippen LogP contribution in [-0.2, 0) is 6.42 Å². The van der Waals surface area contributed by atoms with E-state index in [1.54, 1.807) is 6.33 Å². The van der Waals surface area contributed by atoms with Gasteiger partial charge >= 0.3 is 0 Å². The smallest absolute Gasteiger partial charge is 0.145 e. The zero-order valence-electron chi connectivity index (χ0n) is 16.0. The molecule has 142 valence electrons. The molecule has 1 aromatic carbocycles. The third-order valence-electron chi connectivity index (χ3n) is 6.22. The van der Waals surface area contributed by atoms with Gasteiger partial charge < -0.3 is 10.3 Å². The lowest BCUT2D eigenvalue weighted by Gasteiger charge is -2.14. The fourth-order valence-electron chi connectivity index (χ4n) is 4.80. The Kier molecular flexibility index (Phi) is 4.43. The Hall–Kier alpha value is -2.95. The van der Waals surface area contributed by atoms with Gasteiger partial charge in [0.2, 0.25) is 0 Å². The molecule has 28 heavy (non-hydrogen) atoms. The number of anilines is 1. The first kappa shape index (κ1) is 17.2. The number of nitrogen functional groups attached to an aromatic ring is 1. The predicted octanol–water partition coefficient (Wildman–Crippen LogP) is 4.93. The number of fused-ring (bicyclic) bond motifs is 2. The van der Waals surface area contributed by atoms with Gasteiger partial charge in [-0.05, 0) is 55.7 Å². The van der Waals surface area contributed by atoms with Crippen LogP contribution in [0.1, 0.15) is 43.7 Å². The van der Waals surface area contributed by atoms with Gasteiger partial charge in [-0.2, -0.15) is 0 Å². The van der Waals surface area contributed by atoms with Crippen molar-refractivity contribution >= 4 is 27.8 Å². The molecule has 5 nitrogen and oxygen atoms in total. The number of benzene rings is 1. The molecule has 4 aromatic rings. The van der Waals surface area contributed by atoms with Gasteiger partial charge in [0.15, 0.2) is 0 Å². The average Bonchev–Trinajstić information content (AvgIpc) is 3.36. The maximum absolute atomic E-state index is 5.99. The molecule has 1 saturated carbocycles. The van der Waals surface area contributed by atoms with E-state index in [1.807, 2.05) is 18.3 Å². The van der Waals surface area contributed by atoms with Crippen molar-refractivity contribution in [2.24, 2.45) is 5.92 Å². The summed E-state index contributed by atoms with van der Waals surface area (Å²) in [6, 6.07) is 13.2. The summed E-state index contributed by atoms with van der Waals surface area (Å²) in [5.41, 5.74) is 9.49. The second-order valence-corrected chi connectivity index (χ2v) is 7.94. The van der Waals surface area contributed by atoms with Crippen LogP contribution < -0.4 is 5.73 Å². The molecule has 0 amide bonds. The van der Waals surface area contributed by atoms with Crippen LogP contribution in [0.2, 0.25) is 0 Å². The van der Waals surface area contributed by atoms with E-state index in [9.17, 15) is 0 Å². The van der Waals surface area contributed by atoms with Gasteiger partial charge in [0.1, 0.15) is 17.8 Å². The SMILES string of the molecule is Nc1ncnc2c1ccn2C1CCC(CCCc2cccc3cccnc23)C1. The molecule has 5 rings (SSSR count). The van der Waals surface area contributed by atoms with Crippen molar-refractivity contribution in [3.05, 3.63) is 60.7 Å². The molecule has 1 aliphatic carbocycles. The monoisotopic (exact) mass is 371 g/mol. The largest absolute Gasteiger partial charge is 0.383 e. The molecule has 5 heteroatoms. The first-order valence-electron chi connectivity index (χ1n) is 10.2. The summed E-state index contributed by atoms with van der Waals surface area (Å²) < 4.78 is 2.31. The molecule has 0 spiro atoms. The number of nitrogens with two attached hydrogens (primary N) is 1. The first-order chi connectivity index (χ1) is 13.8. The van der Waals surface area contributed by atoms with Crippen LogP contribution in [0.5, 0.6) is 0 Å². The van der Waals surface area contributed by atoms with Gasteiger partial charge in [0.05, 0.1) is 10.9 Å². The van der Waals surface area contributed by atoms with Crippen molar-refractivity contribution in [2.75, 3.05) is 5.73 Å². The number of nitrogens with zero attached hydrogens (tertiary/aromatic N) is 4. The number of hydrogen-bond acceptors (Lipinski definition) is 4. The fourth-order valence-corrected chi connectivity index (χ4v) is 4.80. The minimum absolute atomic E-state index is 0.524. The maximum atomic E-state index is 5.99. The molecule has 2 atom stereocenters. The molecule has 2 N–H and O–H groups in total. The molecular formula is C23H25N5. The fraction of sp³-hybridized carbons (Fsp3) is 0.348. The van der Waals surface area contributed by atoms with Crippen LogP contribution in [-0.4, -0.2) is 19.5 Å². The Morgan fingerprint density at radius 1 is 1.04 bits per heavy atom. The molecule has 3 heterocycles. The minimum Gasteiger partial charge on any atom is -0.383 e. The second-order valence-electron chi connectivity index (χ2n) is 7.94. The highest BCUT2D eigenvalue weighted by Crippen LogP contribution is 2.39. The Bertz CT molecular complexity index is 1110. The molecule has 1 fully saturated rings. The van der Waals surface area contributed by atoms with E-state index in [0.717, 1.165) is 28.9 Å². The quantitative estimate of drug-likeness (QED) is 0.540. The van der Waals surface area contributed by atoms with Crippen molar-refractivity contribution in [2.45, 2.75) is 44.6 Å². The van der Waals surface area contributed by atoms with Gasteiger partial charge in [0, 0.05) is 23.8 Å². The highest BCUT2D eigenvalue weighted by atomic mass is 15.1. The highest BCUT2D eigenvalue weighted by molar-refractivity contribution is 5.86. The third-order valence-corrected chi connectivity index (χ3v) is 6.22. The van der Waals surface area contributed by atoms with E-state index >= 15 is 0 Å². The minimum atomic E-state index is 0.524. The summed E-state index contributed by atoms with van der Waals surface area (Å²) >= 11 is 0. The average molecular weight is 371 g/mol. The highest BCUT2D eigenvalue weighted by Gasteiger charge is 2.26. The van der Waals surface area contributed by atoms with E-state index in [1.165, 1.54) is 43.1 Å². The van der Waals surface area contributed by atoms with Crippen molar-refractivity contribution in [3.63, 3.8) is 0 Å². The number of pyridine rings is 1. The predicted molar refractivity (Wildman–Crippen MR) is 113 cm³/mol. The summed E-state index contributed by atoms with van der Waals surface area (Å²) in [4.78, 5) is 13.2. The van der Waals surface area contributed by atoms with Gasteiger partial charge in [-0.15, -0.1) is 0 Å². The molecule has 0 radical (unpaired) electrons. The Morgan fingerprint density at radius 2 is 1.96 bits per heavy atom. The lowest BCUT2D eigenvalue weighted by Crippen LogP contribution is -2.06. The van der Waals surface area contributed by atoms with E-state index in [-0.39, 0.29) is 0 Å². The summed E-state index contributed by atoms with van der Waals surface area (Å²) in [5.74, 6) is 1.35. The van der Waals surface area contributed by atoms with Crippen LogP contribution in [0.15, 0.2) is 55.1 Å². The molecule has 0 bridgehead atoms. The van der Waals surface area contributed by atoms with Crippen LogP contribution in [0.4, 0.5) is 5.82 Å². The van der Waals surface area contributed by atoms with E-state index in [2.05, 4.69) is 50.0 Å². The third kappa shape index (κ3) is 3.11. The Morgan fingerprint density at radius 3 is 2.93 bits per heavy atom. The van der Waals surface area contributed by atoms with E-state index in [0.29, 0.717) is 11.9 Å². The molecule has 3 aromatic heterocycles. The number of aryl methyl sites for hydroxylation is 1. The van der Waals surface area contributed by atoms with Crippen LogP contribution >= 0.6 is 0 Å². The van der Waals surface area contributed by atoms with Gasteiger partial charge in [-0.1, -0.05) is 30.7 Å². The standard InChI is InChI=1S/C23H25N5/c24-22-20-11-13-28(23(20)27-15-26-22)19-10-9-16(14-19)4-1-5-17-6-2-7-18-8-3-12-25-21(17)18/h2-3,6-8,11-13,15-16,19H,1,4-5,9-10,14H2,(H2,24,26,27). The van der Waals surface area contributed by atoms with E-state index < -0.39 is 0 Å². The lowest BCUT2D eigenvalue weighted by atomic mass is 9.97. The van der Waals surface area contributed by atoms with Crippen LogP contribution in [0.25, 0.3) is 21.9 Å². The Balaban J connectivity index is 1.23. The summed E-state index contributed by atoms with van der Waals surface area (Å²) in [7, 11) is 0. The summed E-state index contributed by atoms with van der Waals surface area (Å²) in [6.07, 6.45) is 12.9. The molecular weight excluding hydrogens is 346 g/mol. The number of rotatable bonds is 5. The first-order valence-corrected chi connectivity index (χ1v) is 10.2. The van der Waals surface area contributed by atoms with Crippen LogP contribution in [0, 0.1) is 5.92 Å². The zero-order chi connectivity index (χ0) is 18.9. The van der Waals surface area contributed by atoms with Crippen molar-refractivity contribution < 1.29 is 0 Å². The number of para-hydroxylation sites is 1. The summed E-state index contributed by atoms with van der Waals surface area (Å²) in [5, 5.41) is 2.20. The molecule has 0 aliphatic heterocycles. The van der Waals surface area contributed by atoms with Gasteiger partial charge in [-0.25, -0.2) is 9.97 Å². The molecule has 1 aliphatic rings. The number of aromatic nitrogens is 4. The number of hydrogen-bond donors (Lipinski definition) is 1. The maximum Gasteiger partial charge on any atom is 0.145 e. The summed E-state index contributed by atoms with van der Waals surface area (Å²) in [6.45, 7) is 0. The second kappa shape index (κ2) is 7.23. The normalized spacial score (nSPS) is 19.6. The van der Waals surface area contributed by atoms with Crippen molar-refractivity contribution in [1.82, 2.24) is 19.5 Å². The van der Waals surface area contributed by atoms with Gasteiger partial charge in [0.25, 0.3) is 0 Å². The lowest BCUT2D eigenvalue weighted by molar-refractivity contribution is 0.449. The Labute approximate surface area is 164 Å². The van der Waals surface area contributed by atoms with E-state index in [4.69, 9.17) is 5.73 Å². The topological polar surface area (TPSA) is 69.6 Å².